The molecule has 1 aromatic carbocycles. The molecule has 0 spiro atoms. The maximum Gasteiger partial charge on any atom is 0.214 e. The van der Waals surface area contributed by atoms with E-state index in [1.807, 2.05) is 36.9 Å². The minimum Gasteiger partial charge on any atom is -0.314 e. The number of carbonyl (C=O) groups is 1. The van der Waals surface area contributed by atoms with Crippen LogP contribution >= 0.6 is 0 Å². The molecule has 1 rings (SSSR count). The monoisotopic (exact) mass is 205 g/mol. The molecule has 0 aliphatic rings. The molecule has 82 valence electrons. The van der Waals surface area contributed by atoms with Gasteiger partial charge in [-0.15, -0.1) is 0 Å². The predicted molar refractivity (Wildman–Crippen MR) is 64.2 cm³/mol. The number of nitrogens with zero attached hydrogens (tertiary/aromatic N) is 1. The Morgan fingerprint density at radius 2 is 1.87 bits per heavy atom. The molecule has 0 radical (unpaired) electrons. The average molecular weight is 205 g/mol. The molecule has 1 amide bonds. The van der Waals surface area contributed by atoms with Gasteiger partial charge in [-0.3, -0.25) is 4.79 Å². The van der Waals surface area contributed by atoms with Crippen molar-refractivity contribution in [3.63, 3.8) is 0 Å². The van der Waals surface area contributed by atoms with E-state index in [0.717, 1.165) is 31.5 Å². The van der Waals surface area contributed by atoms with Gasteiger partial charge in [-0.25, -0.2) is 0 Å². The first kappa shape index (κ1) is 11.8. The number of aryl methyl sites for hydroxylation is 2. The van der Waals surface area contributed by atoms with Crippen LogP contribution in [-0.2, 0) is 4.79 Å². The van der Waals surface area contributed by atoms with E-state index in [-0.39, 0.29) is 0 Å². The molecule has 1 aromatic rings. The molecule has 0 heterocycles. The Kier molecular flexibility index (Phi) is 4.35. The maximum atomic E-state index is 11.0. The molecule has 0 bridgehead atoms. The minimum absolute atomic E-state index is 0.811. The first-order chi connectivity index (χ1) is 7.20. The second kappa shape index (κ2) is 5.54. The molecule has 15 heavy (non-hydrogen) atoms. The minimum atomic E-state index is 0.811. The van der Waals surface area contributed by atoms with Gasteiger partial charge < -0.3 is 4.90 Å². The van der Waals surface area contributed by atoms with Crippen LogP contribution in [0.5, 0.6) is 0 Å². The van der Waals surface area contributed by atoms with Crippen molar-refractivity contribution in [2.75, 3.05) is 11.4 Å². The number of amides is 1. The molecule has 0 aliphatic carbocycles. The smallest absolute Gasteiger partial charge is 0.214 e. The first-order valence-corrected chi connectivity index (χ1v) is 5.48. The lowest BCUT2D eigenvalue weighted by molar-refractivity contribution is -0.107. The lowest BCUT2D eigenvalue weighted by atomic mass is 10.1. The molecule has 0 fully saturated rings. The third-order valence-electron chi connectivity index (χ3n) is 2.61. The summed E-state index contributed by atoms with van der Waals surface area (Å²) >= 11 is 0. The first-order valence-electron chi connectivity index (χ1n) is 5.48. The number of benzene rings is 1. The van der Waals surface area contributed by atoms with Crippen LogP contribution in [0.15, 0.2) is 18.2 Å². The summed E-state index contributed by atoms with van der Waals surface area (Å²) in [4.78, 5) is 12.9. The van der Waals surface area contributed by atoms with E-state index in [2.05, 4.69) is 6.92 Å². The zero-order valence-electron chi connectivity index (χ0n) is 9.79. The van der Waals surface area contributed by atoms with Gasteiger partial charge >= 0.3 is 0 Å². The van der Waals surface area contributed by atoms with Crippen molar-refractivity contribution < 1.29 is 4.79 Å². The average Bonchev–Trinajstić information content (AvgIpc) is 2.22. The summed E-state index contributed by atoms with van der Waals surface area (Å²) in [6.07, 6.45) is 3.09. The van der Waals surface area contributed by atoms with Crippen LogP contribution < -0.4 is 4.90 Å². The Morgan fingerprint density at radius 1 is 1.27 bits per heavy atom. The zero-order valence-corrected chi connectivity index (χ0v) is 9.79. The van der Waals surface area contributed by atoms with Crippen LogP contribution in [0.25, 0.3) is 0 Å². The van der Waals surface area contributed by atoms with Crippen LogP contribution in [-0.4, -0.2) is 13.0 Å². The Hall–Kier alpha value is -1.31. The highest BCUT2D eigenvalue weighted by molar-refractivity contribution is 5.78. The van der Waals surface area contributed by atoms with E-state index < -0.39 is 0 Å². The van der Waals surface area contributed by atoms with Crippen molar-refractivity contribution in [1.29, 1.82) is 0 Å². The molecular formula is C13H19NO. The molecular weight excluding hydrogens is 186 g/mol. The molecule has 0 aromatic heterocycles. The van der Waals surface area contributed by atoms with Crippen LogP contribution in [0, 0.1) is 13.8 Å². The fourth-order valence-electron chi connectivity index (χ4n) is 1.80. The van der Waals surface area contributed by atoms with E-state index in [1.54, 1.807) is 0 Å². The Balaban J connectivity index is 2.95. The molecule has 2 heteroatoms. The number of hydrogen-bond donors (Lipinski definition) is 0. The fraction of sp³-hybridized carbons (Fsp3) is 0.462. The highest BCUT2D eigenvalue weighted by Crippen LogP contribution is 2.23. The Morgan fingerprint density at radius 3 is 2.33 bits per heavy atom. The Labute approximate surface area is 91.9 Å². The molecule has 0 saturated carbocycles. The summed E-state index contributed by atoms with van der Waals surface area (Å²) in [5.41, 5.74) is 3.40. The molecule has 0 aliphatic heterocycles. The third-order valence-corrected chi connectivity index (χ3v) is 2.61. The van der Waals surface area contributed by atoms with Crippen molar-refractivity contribution in [2.45, 2.75) is 33.6 Å². The highest BCUT2D eigenvalue weighted by atomic mass is 16.1. The van der Waals surface area contributed by atoms with Crippen LogP contribution in [0.2, 0.25) is 0 Å². The summed E-state index contributed by atoms with van der Waals surface area (Å²) in [7, 11) is 0. The topological polar surface area (TPSA) is 20.3 Å². The second-order valence-electron chi connectivity index (χ2n) is 3.89. The van der Waals surface area contributed by atoms with Gasteiger partial charge in [-0.2, -0.15) is 0 Å². The van der Waals surface area contributed by atoms with Gasteiger partial charge in [0.1, 0.15) is 0 Å². The molecule has 0 saturated heterocycles. The standard InChI is InChI=1S/C13H19NO/c1-4-5-9-14(10-15)13-11(2)7-6-8-12(13)3/h6-8,10H,4-5,9H2,1-3H3. The van der Waals surface area contributed by atoms with Gasteiger partial charge in [0.15, 0.2) is 0 Å². The lowest BCUT2D eigenvalue weighted by Gasteiger charge is -2.21. The molecule has 2 nitrogen and oxygen atoms in total. The summed E-state index contributed by atoms with van der Waals surface area (Å²) in [6.45, 7) is 7.04. The summed E-state index contributed by atoms with van der Waals surface area (Å²) in [5.74, 6) is 0. The van der Waals surface area contributed by atoms with E-state index in [1.165, 1.54) is 11.1 Å². The number of anilines is 1. The van der Waals surface area contributed by atoms with Gasteiger partial charge in [-0.05, 0) is 31.4 Å². The van der Waals surface area contributed by atoms with Gasteiger partial charge in [0, 0.05) is 12.2 Å². The number of para-hydroxylation sites is 1. The van der Waals surface area contributed by atoms with Gasteiger partial charge in [0.25, 0.3) is 0 Å². The fourth-order valence-corrected chi connectivity index (χ4v) is 1.80. The van der Waals surface area contributed by atoms with Crippen molar-refractivity contribution in [1.82, 2.24) is 0 Å². The third kappa shape index (κ3) is 2.82. The molecule has 0 N–H and O–H groups in total. The highest BCUT2D eigenvalue weighted by Gasteiger charge is 2.09. The summed E-state index contributed by atoms with van der Waals surface area (Å²) in [5, 5.41) is 0. The van der Waals surface area contributed by atoms with Crippen LogP contribution in [0.4, 0.5) is 5.69 Å². The van der Waals surface area contributed by atoms with E-state index in [9.17, 15) is 4.79 Å². The summed E-state index contributed by atoms with van der Waals surface area (Å²) < 4.78 is 0. The summed E-state index contributed by atoms with van der Waals surface area (Å²) in [6, 6.07) is 6.12. The largest absolute Gasteiger partial charge is 0.314 e. The lowest BCUT2D eigenvalue weighted by Crippen LogP contribution is -2.23. The van der Waals surface area contributed by atoms with Crippen molar-refractivity contribution in [3.05, 3.63) is 29.3 Å². The van der Waals surface area contributed by atoms with Crippen molar-refractivity contribution in [2.24, 2.45) is 0 Å². The predicted octanol–water partition coefficient (Wildman–Crippen LogP) is 3.07. The molecule has 0 atom stereocenters. The molecule has 0 unspecified atom stereocenters. The number of unbranched alkanes of at least 4 members (excludes halogenated alkanes) is 1. The zero-order chi connectivity index (χ0) is 11.3. The van der Waals surface area contributed by atoms with E-state index in [4.69, 9.17) is 0 Å². The van der Waals surface area contributed by atoms with Crippen molar-refractivity contribution >= 4 is 12.1 Å². The van der Waals surface area contributed by atoms with Crippen molar-refractivity contribution in [3.8, 4) is 0 Å². The normalized spacial score (nSPS) is 10.1. The number of carbonyl (C=O) groups excluding carboxylic acids is 1. The van der Waals surface area contributed by atoms with E-state index >= 15 is 0 Å². The second-order valence-corrected chi connectivity index (χ2v) is 3.89. The van der Waals surface area contributed by atoms with Crippen LogP contribution in [0.3, 0.4) is 0 Å². The quantitative estimate of drug-likeness (QED) is 0.676. The number of hydrogen-bond acceptors (Lipinski definition) is 1. The SMILES string of the molecule is CCCCN(C=O)c1c(C)cccc1C. The Bertz CT molecular complexity index is 313. The van der Waals surface area contributed by atoms with Gasteiger partial charge in [0.05, 0.1) is 0 Å². The van der Waals surface area contributed by atoms with Gasteiger partial charge in [0.2, 0.25) is 6.41 Å². The van der Waals surface area contributed by atoms with Gasteiger partial charge in [-0.1, -0.05) is 31.5 Å². The van der Waals surface area contributed by atoms with Crippen LogP contribution in [0.1, 0.15) is 30.9 Å². The maximum absolute atomic E-state index is 11.0. The van der Waals surface area contributed by atoms with E-state index in [0.29, 0.717) is 0 Å². The number of rotatable bonds is 5.